The number of methoxy groups -OCH3 is 1. The molecule has 2 nitrogen and oxygen atoms in total. The Labute approximate surface area is 78.9 Å². The van der Waals surface area contributed by atoms with E-state index in [1.807, 2.05) is 18.2 Å². The van der Waals surface area contributed by atoms with Crippen molar-refractivity contribution < 1.29 is 4.74 Å². The Hall–Kier alpha value is -0.480. The van der Waals surface area contributed by atoms with Crippen molar-refractivity contribution in [2.24, 2.45) is 4.36 Å². The molecule has 1 aromatic carbocycles. The van der Waals surface area contributed by atoms with E-state index in [1.165, 1.54) is 0 Å². The highest BCUT2D eigenvalue weighted by atomic mass is 79.9. The minimum Gasteiger partial charge on any atom is -0.494 e. The van der Waals surface area contributed by atoms with Crippen LogP contribution in [-0.4, -0.2) is 7.11 Å². The third-order valence-electron chi connectivity index (χ3n) is 1.24. The molecule has 0 amide bonds. The van der Waals surface area contributed by atoms with Gasteiger partial charge >= 0.3 is 0 Å². The van der Waals surface area contributed by atoms with Gasteiger partial charge in [-0.25, -0.2) is 0 Å². The maximum Gasteiger partial charge on any atom is 0.145 e. The molecular formula is C7H6BrNOS. The summed E-state index contributed by atoms with van der Waals surface area (Å²) in [5, 5.41) is 0. The number of hydrogen-bond donors (Lipinski definition) is 0. The lowest BCUT2D eigenvalue weighted by molar-refractivity contribution is 0.416. The average Bonchev–Trinajstić information content (AvgIpc) is 2.04. The van der Waals surface area contributed by atoms with Gasteiger partial charge in [0, 0.05) is 16.9 Å². The standard InChI is InChI=1S/C7H6BrNOS/c1-10-7-3-2-5(8)4-6(7)9-11/h2-4H,1H3. The van der Waals surface area contributed by atoms with Gasteiger partial charge < -0.3 is 4.74 Å². The van der Waals surface area contributed by atoms with Gasteiger partial charge in [-0.1, -0.05) is 15.9 Å². The van der Waals surface area contributed by atoms with E-state index in [4.69, 9.17) is 4.74 Å². The van der Waals surface area contributed by atoms with Crippen molar-refractivity contribution in [3.63, 3.8) is 0 Å². The van der Waals surface area contributed by atoms with Gasteiger partial charge in [0.25, 0.3) is 0 Å². The summed E-state index contributed by atoms with van der Waals surface area (Å²) in [4.78, 5) is 0. The van der Waals surface area contributed by atoms with Crippen LogP contribution in [0.15, 0.2) is 27.0 Å². The van der Waals surface area contributed by atoms with Gasteiger partial charge in [0.1, 0.15) is 11.4 Å². The molecule has 4 heteroatoms. The van der Waals surface area contributed by atoms with Gasteiger partial charge in [0.2, 0.25) is 0 Å². The van der Waals surface area contributed by atoms with Crippen molar-refractivity contribution in [3.05, 3.63) is 22.7 Å². The molecule has 0 bridgehead atoms. The SMILES string of the molecule is COc1ccc(Br)cc1N=S. The molecule has 0 saturated heterocycles. The van der Waals surface area contributed by atoms with Crippen LogP contribution in [-0.2, 0) is 12.4 Å². The number of benzene rings is 1. The van der Waals surface area contributed by atoms with Crippen LogP contribution in [0.5, 0.6) is 5.75 Å². The third kappa shape index (κ3) is 1.97. The Morgan fingerprint density at radius 1 is 1.55 bits per heavy atom. The fourth-order valence-electron chi connectivity index (χ4n) is 0.734. The zero-order chi connectivity index (χ0) is 8.27. The first-order valence-corrected chi connectivity index (χ1v) is 4.10. The van der Waals surface area contributed by atoms with Crippen molar-refractivity contribution in [2.45, 2.75) is 0 Å². The Kier molecular flexibility index (Phi) is 2.96. The van der Waals surface area contributed by atoms with Crippen molar-refractivity contribution in [1.29, 1.82) is 0 Å². The van der Waals surface area contributed by atoms with E-state index in [0.717, 1.165) is 4.47 Å². The third-order valence-corrected chi connectivity index (χ3v) is 1.93. The topological polar surface area (TPSA) is 21.6 Å². The Morgan fingerprint density at radius 3 is 2.82 bits per heavy atom. The maximum atomic E-state index is 5.01. The molecule has 0 aromatic heterocycles. The Morgan fingerprint density at radius 2 is 2.27 bits per heavy atom. The van der Waals surface area contributed by atoms with Gasteiger partial charge in [-0.15, -0.1) is 0 Å². The van der Waals surface area contributed by atoms with Gasteiger partial charge in [-0.2, -0.15) is 4.36 Å². The molecule has 0 fully saturated rings. The van der Waals surface area contributed by atoms with E-state index in [-0.39, 0.29) is 0 Å². The highest BCUT2D eigenvalue weighted by Crippen LogP contribution is 2.29. The molecule has 0 radical (unpaired) electrons. The minimum atomic E-state index is 0.678. The first kappa shape index (κ1) is 8.62. The molecule has 58 valence electrons. The lowest BCUT2D eigenvalue weighted by Crippen LogP contribution is -1.81. The van der Waals surface area contributed by atoms with Crippen molar-refractivity contribution in [3.8, 4) is 5.75 Å². The molecule has 0 N–H and O–H groups in total. The first-order valence-electron chi connectivity index (χ1n) is 2.95. The average molecular weight is 232 g/mol. The predicted molar refractivity (Wildman–Crippen MR) is 50.1 cm³/mol. The normalized spacial score (nSPS) is 9.27. The summed E-state index contributed by atoms with van der Waals surface area (Å²) in [6, 6.07) is 5.50. The maximum absolute atomic E-state index is 5.01. The summed E-state index contributed by atoms with van der Waals surface area (Å²) >= 11 is 7.86. The summed E-state index contributed by atoms with van der Waals surface area (Å²) in [6.07, 6.45) is 0. The quantitative estimate of drug-likeness (QED) is 0.781. The zero-order valence-corrected chi connectivity index (χ0v) is 8.28. The summed E-state index contributed by atoms with van der Waals surface area (Å²) in [7, 11) is 1.59. The largest absolute Gasteiger partial charge is 0.494 e. The number of halogens is 1. The molecule has 0 unspecified atom stereocenters. The van der Waals surface area contributed by atoms with Crippen LogP contribution in [0.1, 0.15) is 0 Å². The molecule has 0 spiro atoms. The van der Waals surface area contributed by atoms with Crippen molar-refractivity contribution >= 4 is 34.0 Å². The Balaban J connectivity index is 3.16. The molecule has 0 aliphatic carbocycles. The summed E-state index contributed by atoms with van der Waals surface area (Å²) in [5.74, 6) is 0.697. The smallest absolute Gasteiger partial charge is 0.145 e. The van der Waals surface area contributed by atoms with E-state index in [2.05, 4.69) is 32.7 Å². The molecule has 11 heavy (non-hydrogen) atoms. The predicted octanol–water partition coefficient (Wildman–Crippen LogP) is 2.82. The first-order chi connectivity index (χ1) is 5.27. The van der Waals surface area contributed by atoms with E-state index < -0.39 is 0 Å². The van der Waals surface area contributed by atoms with Gasteiger partial charge in [-0.05, 0) is 18.2 Å². The zero-order valence-electron chi connectivity index (χ0n) is 5.87. The number of nitrogens with zero attached hydrogens (tertiary/aromatic N) is 1. The van der Waals surface area contributed by atoms with Gasteiger partial charge in [0.15, 0.2) is 0 Å². The minimum absolute atomic E-state index is 0.678. The monoisotopic (exact) mass is 231 g/mol. The van der Waals surface area contributed by atoms with Crippen molar-refractivity contribution in [1.82, 2.24) is 0 Å². The van der Waals surface area contributed by atoms with E-state index in [9.17, 15) is 0 Å². The van der Waals surface area contributed by atoms with Crippen LogP contribution in [0, 0.1) is 0 Å². The molecular weight excluding hydrogens is 226 g/mol. The molecule has 1 aromatic rings. The van der Waals surface area contributed by atoms with E-state index >= 15 is 0 Å². The molecule has 0 aliphatic rings. The highest BCUT2D eigenvalue weighted by Gasteiger charge is 2.00. The molecule has 0 saturated carbocycles. The number of ether oxygens (including phenoxy) is 1. The lowest BCUT2D eigenvalue weighted by atomic mass is 10.3. The van der Waals surface area contributed by atoms with Crippen LogP contribution < -0.4 is 4.74 Å². The lowest BCUT2D eigenvalue weighted by Gasteiger charge is -2.01. The van der Waals surface area contributed by atoms with E-state index in [1.54, 1.807) is 7.11 Å². The van der Waals surface area contributed by atoms with Gasteiger partial charge in [-0.3, -0.25) is 0 Å². The number of hydrogen-bond acceptors (Lipinski definition) is 3. The van der Waals surface area contributed by atoms with Crippen LogP contribution in [0.2, 0.25) is 0 Å². The summed E-state index contributed by atoms with van der Waals surface area (Å²) < 4.78 is 9.59. The second kappa shape index (κ2) is 3.78. The molecule has 0 aliphatic heterocycles. The van der Waals surface area contributed by atoms with Crippen LogP contribution in [0.3, 0.4) is 0 Å². The molecule has 0 atom stereocenters. The van der Waals surface area contributed by atoms with Crippen molar-refractivity contribution in [2.75, 3.05) is 7.11 Å². The van der Waals surface area contributed by atoms with E-state index in [0.29, 0.717) is 11.4 Å². The molecule has 1 rings (SSSR count). The number of rotatable bonds is 2. The fourth-order valence-corrected chi connectivity index (χ4v) is 1.23. The highest BCUT2D eigenvalue weighted by molar-refractivity contribution is 9.10. The Bertz CT molecular complexity index is 277. The van der Waals surface area contributed by atoms with Crippen LogP contribution in [0.4, 0.5) is 5.69 Å². The fraction of sp³-hybridized carbons (Fsp3) is 0.143. The second-order valence-corrected chi connectivity index (χ2v) is 3.01. The van der Waals surface area contributed by atoms with Crippen LogP contribution >= 0.6 is 15.9 Å². The summed E-state index contributed by atoms with van der Waals surface area (Å²) in [5.41, 5.74) is 0.678. The van der Waals surface area contributed by atoms with Crippen LogP contribution in [0.25, 0.3) is 0 Å². The molecule has 0 heterocycles. The van der Waals surface area contributed by atoms with Gasteiger partial charge in [0.05, 0.1) is 7.11 Å². The summed E-state index contributed by atoms with van der Waals surface area (Å²) in [6.45, 7) is 0. The second-order valence-electron chi connectivity index (χ2n) is 1.91.